The monoisotopic (exact) mass is 248 g/mol. The number of piperidine rings is 1. The van der Waals surface area contributed by atoms with E-state index in [4.69, 9.17) is 0 Å². The standard InChI is InChI=1S/C14H20N2O2/c1-18-14(17)12-2-4-13(5-3-12)16-10-11-6-8-15-9-7-11/h2-5,11,15-16H,6-10H2,1H3. The number of nitrogens with one attached hydrogen (secondary N) is 2. The first-order chi connectivity index (χ1) is 8.79. The van der Waals surface area contributed by atoms with Crippen LogP contribution >= 0.6 is 0 Å². The second kappa shape index (κ2) is 6.40. The molecule has 0 bridgehead atoms. The Bertz CT molecular complexity index is 383. The molecule has 1 saturated heterocycles. The van der Waals surface area contributed by atoms with E-state index in [1.807, 2.05) is 12.1 Å². The molecule has 1 aromatic carbocycles. The van der Waals surface area contributed by atoms with Crippen LogP contribution in [0.2, 0.25) is 0 Å². The van der Waals surface area contributed by atoms with Gasteiger partial charge < -0.3 is 15.4 Å². The third kappa shape index (κ3) is 3.47. The van der Waals surface area contributed by atoms with Crippen LogP contribution in [0.5, 0.6) is 0 Å². The lowest BCUT2D eigenvalue weighted by atomic mass is 9.98. The van der Waals surface area contributed by atoms with Gasteiger partial charge in [0.2, 0.25) is 0 Å². The quantitative estimate of drug-likeness (QED) is 0.799. The maximum atomic E-state index is 11.3. The molecule has 98 valence electrons. The van der Waals surface area contributed by atoms with E-state index in [1.165, 1.54) is 20.0 Å². The highest BCUT2D eigenvalue weighted by atomic mass is 16.5. The van der Waals surface area contributed by atoms with Crippen molar-refractivity contribution < 1.29 is 9.53 Å². The average molecular weight is 248 g/mol. The SMILES string of the molecule is COC(=O)c1ccc(NCC2CCNCC2)cc1. The number of hydrogen-bond donors (Lipinski definition) is 2. The number of esters is 1. The number of methoxy groups -OCH3 is 1. The van der Waals surface area contributed by atoms with Gasteiger partial charge in [0.05, 0.1) is 12.7 Å². The predicted molar refractivity (Wildman–Crippen MR) is 71.9 cm³/mol. The van der Waals surface area contributed by atoms with Gasteiger partial charge in [-0.1, -0.05) is 0 Å². The van der Waals surface area contributed by atoms with E-state index >= 15 is 0 Å². The van der Waals surface area contributed by atoms with Gasteiger partial charge in [-0.05, 0) is 56.1 Å². The Morgan fingerprint density at radius 1 is 1.33 bits per heavy atom. The third-order valence-electron chi connectivity index (χ3n) is 3.36. The van der Waals surface area contributed by atoms with Crippen LogP contribution in [0.3, 0.4) is 0 Å². The van der Waals surface area contributed by atoms with Crippen molar-refractivity contribution in [2.45, 2.75) is 12.8 Å². The number of rotatable bonds is 4. The van der Waals surface area contributed by atoms with Crippen LogP contribution in [0.4, 0.5) is 5.69 Å². The summed E-state index contributed by atoms with van der Waals surface area (Å²) in [4.78, 5) is 11.3. The molecular formula is C14H20N2O2. The second-order valence-corrected chi connectivity index (χ2v) is 4.64. The van der Waals surface area contributed by atoms with Crippen LogP contribution in [-0.4, -0.2) is 32.7 Å². The zero-order chi connectivity index (χ0) is 12.8. The van der Waals surface area contributed by atoms with Crippen LogP contribution in [-0.2, 0) is 4.74 Å². The largest absolute Gasteiger partial charge is 0.465 e. The van der Waals surface area contributed by atoms with Crippen molar-refractivity contribution >= 4 is 11.7 Å². The lowest BCUT2D eigenvalue weighted by molar-refractivity contribution is 0.0601. The Balaban J connectivity index is 1.84. The number of carbonyl (C=O) groups excluding carboxylic acids is 1. The minimum atomic E-state index is -0.292. The molecule has 0 radical (unpaired) electrons. The Kier molecular flexibility index (Phi) is 4.59. The minimum absolute atomic E-state index is 0.292. The smallest absolute Gasteiger partial charge is 0.337 e. The van der Waals surface area contributed by atoms with Crippen LogP contribution in [0.1, 0.15) is 23.2 Å². The fraction of sp³-hybridized carbons (Fsp3) is 0.500. The van der Waals surface area contributed by atoms with E-state index in [1.54, 1.807) is 12.1 Å². The third-order valence-corrected chi connectivity index (χ3v) is 3.36. The predicted octanol–water partition coefficient (Wildman–Crippen LogP) is 1.88. The summed E-state index contributed by atoms with van der Waals surface area (Å²) < 4.78 is 4.66. The number of hydrogen-bond acceptors (Lipinski definition) is 4. The molecule has 0 saturated carbocycles. The van der Waals surface area contributed by atoms with Crippen LogP contribution < -0.4 is 10.6 Å². The van der Waals surface area contributed by atoms with Crippen molar-refractivity contribution in [2.75, 3.05) is 32.1 Å². The highest BCUT2D eigenvalue weighted by molar-refractivity contribution is 5.89. The van der Waals surface area contributed by atoms with E-state index in [0.717, 1.165) is 31.2 Å². The van der Waals surface area contributed by atoms with Gasteiger partial charge in [-0.2, -0.15) is 0 Å². The Morgan fingerprint density at radius 2 is 2.00 bits per heavy atom. The summed E-state index contributed by atoms with van der Waals surface area (Å²) in [6.45, 7) is 3.24. The molecule has 2 N–H and O–H groups in total. The molecule has 1 heterocycles. The zero-order valence-electron chi connectivity index (χ0n) is 10.7. The maximum Gasteiger partial charge on any atom is 0.337 e. The second-order valence-electron chi connectivity index (χ2n) is 4.64. The van der Waals surface area contributed by atoms with Gasteiger partial charge in [0.25, 0.3) is 0 Å². The number of anilines is 1. The first-order valence-electron chi connectivity index (χ1n) is 6.42. The lowest BCUT2D eigenvalue weighted by Gasteiger charge is -2.23. The first kappa shape index (κ1) is 12.9. The van der Waals surface area contributed by atoms with Crippen LogP contribution in [0, 0.1) is 5.92 Å². The van der Waals surface area contributed by atoms with Gasteiger partial charge >= 0.3 is 5.97 Å². The molecule has 0 spiro atoms. The molecule has 18 heavy (non-hydrogen) atoms. The molecule has 0 amide bonds. The average Bonchev–Trinajstić information content (AvgIpc) is 2.46. The summed E-state index contributed by atoms with van der Waals surface area (Å²) in [6.07, 6.45) is 2.46. The van der Waals surface area contributed by atoms with Crippen LogP contribution in [0.15, 0.2) is 24.3 Å². The maximum absolute atomic E-state index is 11.3. The van der Waals surface area contributed by atoms with Crippen molar-refractivity contribution in [3.63, 3.8) is 0 Å². The number of carbonyl (C=O) groups is 1. The fourth-order valence-electron chi connectivity index (χ4n) is 2.19. The van der Waals surface area contributed by atoms with Crippen molar-refractivity contribution in [3.8, 4) is 0 Å². The Morgan fingerprint density at radius 3 is 2.61 bits per heavy atom. The number of benzene rings is 1. The topological polar surface area (TPSA) is 50.4 Å². The van der Waals surface area contributed by atoms with E-state index in [-0.39, 0.29) is 5.97 Å². The van der Waals surface area contributed by atoms with Crippen molar-refractivity contribution in [1.82, 2.24) is 5.32 Å². The summed E-state index contributed by atoms with van der Waals surface area (Å²) in [5, 5.41) is 6.78. The molecular weight excluding hydrogens is 228 g/mol. The molecule has 1 aliphatic heterocycles. The van der Waals surface area contributed by atoms with Gasteiger partial charge in [-0.15, -0.1) is 0 Å². The van der Waals surface area contributed by atoms with E-state index in [0.29, 0.717) is 5.56 Å². The van der Waals surface area contributed by atoms with Gasteiger partial charge in [0.15, 0.2) is 0 Å². The molecule has 4 nitrogen and oxygen atoms in total. The highest BCUT2D eigenvalue weighted by Gasteiger charge is 2.12. The summed E-state index contributed by atoms with van der Waals surface area (Å²) in [6, 6.07) is 7.42. The van der Waals surface area contributed by atoms with Gasteiger partial charge in [-0.25, -0.2) is 4.79 Å². The summed E-state index contributed by atoms with van der Waals surface area (Å²) in [5.41, 5.74) is 1.64. The van der Waals surface area contributed by atoms with Crippen molar-refractivity contribution in [2.24, 2.45) is 5.92 Å². The minimum Gasteiger partial charge on any atom is -0.465 e. The Labute approximate surface area is 108 Å². The molecule has 0 unspecified atom stereocenters. The summed E-state index contributed by atoms with van der Waals surface area (Å²) in [5.74, 6) is 0.450. The molecule has 0 aromatic heterocycles. The normalized spacial score (nSPS) is 16.3. The van der Waals surface area contributed by atoms with E-state index in [2.05, 4.69) is 15.4 Å². The summed E-state index contributed by atoms with van der Waals surface area (Å²) in [7, 11) is 1.39. The lowest BCUT2D eigenvalue weighted by Crippen LogP contribution is -2.31. The van der Waals surface area contributed by atoms with Gasteiger partial charge in [0, 0.05) is 12.2 Å². The van der Waals surface area contributed by atoms with Crippen molar-refractivity contribution in [3.05, 3.63) is 29.8 Å². The first-order valence-corrected chi connectivity index (χ1v) is 6.42. The number of ether oxygens (including phenoxy) is 1. The fourth-order valence-corrected chi connectivity index (χ4v) is 2.19. The molecule has 1 fully saturated rings. The molecule has 0 atom stereocenters. The molecule has 1 aromatic rings. The van der Waals surface area contributed by atoms with E-state index in [9.17, 15) is 4.79 Å². The molecule has 1 aliphatic rings. The molecule has 0 aliphatic carbocycles. The highest BCUT2D eigenvalue weighted by Crippen LogP contribution is 2.15. The summed E-state index contributed by atoms with van der Waals surface area (Å²) >= 11 is 0. The zero-order valence-corrected chi connectivity index (χ0v) is 10.7. The molecule has 2 rings (SSSR count). The Hall–Kier alpha value is -1.55. The van der Waals surface area contributed by atoms with Crippen molar-refractivity contribution in [1.29, 1.82) is 0 Å². The van der Waals surface area contributed by atoms with Crippen LogP contribution in [0.25, 0.3) is 0 Å². The van der Waals surface area contributed by atoms with Gasteiger partial charge in [-0.3, -0.25) is 0 Å². The molecule has 4 heteroatoms. The van der Waals surface area contributed by atoms with E-state index < -0.39 is 0 Å². The van der Waals surface area contributed by atoms with Gasteiger partial charge in [0.1, 0.15) is 0 Å².